The maximum atomic E-state index is 4.54. The molecule has 0 aliphatic carbocycles. The van der Waals surface area contributed by atoms with Gasteiger partial charge in [-0.15, -0.1) is 0 Å². The van der Waals surface area contributed by atoms with Gasteiger partial charge >= 0.3 is 0 Å². The lowest BCUT2D eigenvalue weighted by atomic mass is 9.75. The highest BCUT2D eigenvalue weighted by molar-refractivity contribution is 5.72. The molecule has 46 heavy (non-hydrogen) atoms. The van der Waals surface area contributed by atoms with E-state index < -0.39 is 0 Å². The van der Waals surface area contributed by atoms with Gasteiger partial charge in [0.15, 0.2) is 0 Å². The SMILES string of the molecule is C=C(NC(C(C)N/C=C(\C)c1ccc(-c2ccc(/C(C)=C/NC(C)NCCC)cc2)cc1)C(C)(C)C)C(C)(C)CCC(C)(C)CC. The third-order valence-electron chi connectivity index (χ3n) is 9.79. The van der Waals surface area contributed by atoms with Gasteiger partial charge in [-0.05, 0) is 97.7 Å². The quantitative estimate of drug-likeness (QED) is 0.124. The molecule has 2 aromatic rings. The van der Waals surface area contributed by atoms with Crippen LogP contribution in [0.3, 0.4) is 0 Å². The van der Waals surface area contributed by atoms with E-state index >= 15 is 0 Å². The first-order chi connectivity index (χ1) is 21.4. The Morgan fingerprint density at radius 2 is 1.22 bits per heavy atom. The van der Waals surface area contributed by atoms with E-state index in [0.717, 1.165) is 25.1 Å². The molecule has 4 nitrogen and oxygen atoms in total. The average molecular weight is 629 g/mol. The molecule has 3 unspecified atom stereocenters. The summed E-state index contributed by atoms with van der Waals surface area (Å²) >= 11 is 0. The van der Waals surface area contributed by atoms with Gasteiger partial charge in [0, 0.05) is 29.6 Å². The van der Waals surface area contributed by atoms with E-state index in [2.05, 4.69) is 179 Å². The van der Waals surface area contributed by atoms with Crippen LogP contribution in [-0.4, -0.2) is 24.8 Å². The topological polar surface area (TPSA) is 48.1 Å². The summed E-state index contributed by atoms with van der Waals surface area (Å²) in [6.07, 6.45) is 9.19. The van der Waals surface area contributed by atoms with E-state index in [1.165, 1.54) is 46.2 Å². The molecule has 0 heterocycles. The molecule has 0 aliphatic rings. The van der Waals surface area contributed by atoms with Gasteiger partial charge in [0.1, 0.15) is 0 Å². The second kappa shape index (κ2) is 17.3. The molecular weight excluding hydrogens is 560 g/mol. The highest BCUT2D eigenvalue weighted by Crippen LogP contribution is 2.37. The van der Waals surface area contributed by atoms with Crippen molar-refractivity contribution in [1.82, 2.24) is 21.3 Å². The summed E-state index contributed by atoms with van der Waals surface area (Å²) in [7, 11) is 0. The Morgan fingerprint density at radius 3 is 1.65 bits per heavy atom. The van der Waals surface area contributed by atoms with Gasteiger partial charge < -0.3 is 16.0 Å². The van der Waals surface area contributed by atoms with Gasteiger partial charge in [-0.3, -0.25) is 5.32 Å². The first-order valence-corrected chi connectivity index (χ1v) is 17.7. The fraction of sp³-hybridized carbons (Fsp3) is 0.571. The maximum absolute atomic E-state index is 4.54. The zero-order valence-electron chi connectivity index (χ0n) is 31.7. The minimum atomic E-state index is 0.0283. The molecular formula is C42H68N4. The highest BCUT2D eigenvalue weighted by Gasteiger charge is 2.33. The van der Waals surface area contributed by atoms with Gasteiger partial charge in [-0.2, -0.15) is 0 Å². The van der Waals surface area contributed by atoms with Crippen LogP contribution in [0.2, 0.25) is 0 Å². The zero-order chi connectivity index (χ0) is 34.7. The van der Waals surface area contributed by atoms with Crippen LogP contribution in [-0.2, 0) is 0 Å². The Labute approximate surface area is 284 Å². The van der Waals surface area contributed by atoms with Crippen molar-refractivity contribution in [2.75, 3.05) is 6.54 Å². The lowest BCUT2D eigenvalue weighted by molar-refractivity contribution is 0.209. The van der Waals surface area contributed by atoms with Crippen LogP contribution >= 0.6 is 0 Å². The molecule has 3 atom stereocenters. The van der Waals surface area contributed by atoms with Gasteiger partial charge in [-0.25, -0.2) is 0 Å². The smallest absolute Gasteiger partial charge is 0.0734 e. The van der Waals surface area contributed by atoms with E-state index in [-0.39, 0.29) is 29.1 Å². The summed E-state index contributed by atoms with van der Waals surface area (Å²) in [5.41, 5.74) is 8.92. The van der Waals surface area contributed by atoms with Crippen molar-refractivity contribution in [3.8, 4) is 11.1 Å². The summed E-state index contributed by atoms with van der Waals surface area (Å²) < 4.78 is 0. The van der Waals surface area contributed by atoms with Crippen molar-refractivity contribution in [1.29, 1.82) is 0 Å². The van der Waals surface area contributed by atoms with Crippen molar-refractivity contribution >= 4 is 11.1 Å². The minimum absolute atomic E-state index is 0.0283. The molecule has 4 heteroatoms. The van der Waals surface area contributed by atoms with Crippen LogP contribution in [0.5, 0.6) is 0 Å². The molecule has 256 valence electrons. The normalized spacial score (nSPS) is 15.2. The molecule has 0 fully saturated rings. The van der Waals surface area contributed by atoms with Crippen LogP contribution < -0.4 is 21.3 Å². The van der Waals surface area contributed by atoms with Crippen molar-refractivity contribution in [3.05, 3.63) is 84.3 Å². The van der Waals surface area contributed by atoms with Gasteiger partial charge in [0.2, 0.25) is 0 Å². The first-order valence-electron chi connectivity index (χ1n) is 17.7. The molecule has 4 N–H and O–H groups in total. The molecule has 0 aromatic heterocycles. The predicted octanol–water partition coefficient (Wildman–Crippen LogP) is 10.7. The third kappa shape index (κ3) is 12.3. The van der Waals surface area contributed by atoms with E-state index in [9.17, 15) is 0 Å². The molecule has 0 amide bonds. The largest absolute Gasteiger partial charge is 0.386 e. The fourth-order valence-electron chi connectivity index (χ4n) is 5.49. The zero-order valence-corrected chi connectivity index (χ0v) is 31.7. The van der Waals surface area contributed by atoms with E-state index in [1.807, 2.05) is 0 Å². The van der Waals surface area contributed by atoms with Crippen LogP contribution in [0.25, 0.3) is 22.3 Å². The number of nitrogens with one attached hydrogen (secondary N) is 4. The Kier molecular flexibility index (Phi) is 14.7. The van der Waals surface area contributed by atoms with E-state index in [4.69, 9.17) is 0 Å². The van der Waals surface area contributed by atoms with Gasteiger partial charge in [0.25, 0.3) is 0 Å². The summed E-state index contributed by atoms with van der Waals surface area (Å²) in [5, 5.41) is 14.5. The molecule has 0 radical (unpaired) electrons. The van der Waals surface area contributed by atoms with Crippen LogP contribution in [0.15, 0.2) is 73.2 Å². The summed E-state index contributed by atoms with van der Waals surface area (Å²) in [6.45, 7) is 35.1. The lowest BCUT2D eigenvalue weighted by Crippen LogP contribution is -2.53. The molecule has 0 saturated carbocycles. The van der Waals surface area contributed by atoms with Crippen molar-refractivity contribution in [2.45, 2.75) is 134 Å². The first kappa shape index (κ1) is 39.2. The molecule has 0 bridgehead atoms. The van der Waals surface area contributed by atoms with Gasteiger partial charge in [0.05, 0.1) is 12.2 Å². The van der Waals surface area contributed by atoms with Crippen LogP contribution in [0, 0.1) is 16.2 Å². The Hall–Kier alpha value is -2.98. The third-order valence-corrected chi connectivity index (χ3v) is 9.79. The second-order valence-electron chi connectivity index (χ2n) is 16.0. The van der Waals surface area contributed by atoms with Crippen molar-refractivity contribution in [3.63, 3.8) is 0 Å². The maximum Gasteiger partial charge on any atom is 0.0734 e. The summed E-state index contributed by atoms with van der Waals surface area (Å²) in [4.78, 5) is 0. The van der Waals surface area contributed by atoms with Crippen molar-refractivity contribution < 1.29 is 0 Å². The summed E-state index contributed by atoms with van der Waals surface area (Å²) in [6, 6.07) is 18.2. The number of rotatable bonds is 18. The Morgan fingerprint density at radius 1 is 0.739 bits per heavy atom. The fourth-order valence-corrected chi connectivity index (χ4v) is 5.49. The molecule has 0 saturated heterocycles. The monoisotopic (exact) mass is 629 g/mol. The van der Waals surface area contributed by atoms with Crippen LogP contribution in [0.1, 0.15) is 127 Å². The molecule has 2 aromatic carbocycles. The second-order valence-corrected chi connectivity index (χ2v) is 16.0. The molecule has 2 rings (SSSR count). The molecule has 0 spiro atoms. The van der Waals surface area contributed by atoms with Gasteiger partial charge in [-0.1, -0.05) is 124 Å². The number of allylic oxidation sites excluding steroid dienone is 3. The predicted molar refractivity (Wildman–Crippen MR) is 205 cm³/mol. The highest BCUT2D eigenvalue weighted by atomic mass is 15.1. The Balaban J connectivity index is 2.06. The number of hydrogen-bond acceptors (Lipinski definition) is 4. The summed E-state index contributed by atoms with van der Waals surface area (Å²) in [5.74, 6) is 0. The standard InChI is InChI=1S/C42H68N4/c1-15-27-43-34(7)45-29-31(4)36-19-23-38(24-20-36)37-21-17-35(18-22-37)30(3)28-44-32(5)39(40(8,9)10)46-33(6)42(13,14)26-25-41(11,12)16-2/h17-24,28-29,32,34,39,43-46H,6,15-16,25-27H2,1-5,7-14H3/b30-28+,31-29+. The number of hydrogen-bond donors (Lipinski definition) is 4. The average Bonchev–Trinajstić information content (AvgIpc) is 3.02. The van der Waals surface area contributed by atoms with E-state index in [1.54, 1.807) is 0 Å². The van der Waals surface area contributed by atoms with E-state index in [0.29, 0.717) is 5.41 Å². The molecule has 0 aliphatic heterocycles. The lowest BCUT2D eigenvalue weighted by Gasteiger charge is -2.41. The van der Waals surface area contributed by atoms with Crippen LogP contribution in [0.4, 0.5) is 0 Å². The van der Waals surface area contributed by atoms with Crippen molar-refractivity contribution in [2.24, 2.45) is 16.2 Å². The number of benzene rings is 2. The minimum Gasteiger partial charge on any atom is -0.386 e. The Bertz CT molecular complexity index is 1270.